The average molecular weight is 340 g/mol. The van der Waals surface area contributed by atoms with Gasteiger partial charge in [0.15, 0.2) is 0 Å². The molecule has 2 aromatic carbocycles. The first-order chi connectivity index (χ1) is 11.8. The molecule has 4 heteroatoms. The van der Waals surface area contributed by atoms with E-state index < -0.39 is 0 Å². The second-order valence-electron chi connectivity index (χ2n) is 6.53. The number of hydrogen-bond donors (Lipinski definition) is 2. The van der Waals surface area contributed by atoms with Gasteiger partial charge in [0, 0.05) is 42.8 Å². The lowest BCUT2D eigenvalue weighted by Crippen LogP contribution is -2.38. The van der Waals surface area contributed by atoms with Gasteiger partial charge in [0.05, 0.1) is 10.7 Å². The van der Waals surface area contributed by atoms with Crippen LogP contribution in [0.15, 0.2) is 54.7 Å². The first-order valence-electron chi connectivity index (χ1n) is 8.58. The first-order valence-corrected chi connectivity index (χ1v) is 8.96. The number of hydrogen-bond acceptors (Lipinski definition) is 2. The predicted molar refractivity (Wildman–Crippen MR) is 102 cm³/mol. The number of nitrogens with zero attached hydrogens (tertiary/aromatic N) is 1. The summed E-state index contributed by atoms with van der Waals surface area (Å²) in [5.74, 6) is 0. The van der Waals surface area contributed by atoms with Crippen molar-refractivity contribution in [3.63, 3.8) is 0 Å². The van der Waals surface area contributed by atoms with Crippen LogP contribution < -0.4 is 5.32 Å². The molecular formula is C20H22ClN3. The number of H-pyrrole nitrogens is 1. The lowest BCUT2D eigenvalue weighted by atomic mass is 10.0. The summed E-state index contributed by atoms with van der Waals surface area (Å²) >= 11 is 6.25. The summed E-state index contributed by atoms with van der Waals surface area (Å²) in [5.41, 5.74) is 3.67. The minimum absolute atomic E-state index is 0.504. The van der Waals surface area contributed by atoms with E-state index in [1.807, 2.05) is 18.2 Å². The van der Waals surface area contributed by atoms with Gasteiger partial charge >= 0.3 is 0 Å². The number of nitrogens with one attached hydrogen (secondary N) is 2. The molecule has 1 aromatic heterocycles. The van der Waals surface area contributed by atoms with Crippen molar-refractivity contribution in [2.24, 2.45) is 0 Å². The smallest absolute Gasteiger partial charge is 0.0637 e. The Bertz CT molecular complexity index is 818. The fourth-order valence-electron chi connectivity index (χ4n) is 3.54. The number of aromatic amines is 1. The molecule has 0 aliphatic carbocycles. The van der Waals surface area contributed by atoms with E-state index in [1.165, 1.54) is 16.5 Å². The molecule has 24 heavy (non-hydrogen) atoms. The van der Waals surface area contributed by atoms with Crippen LogP contribution in [0.2, 0.25) is 5.02 Å². The molecule has 1 fully saturated rings. The summed E-state index contributed by atoms with van der Waals surface area (Å²) in [4.78, 5) is 5.91. The number of fused-ring (bicyclic) bond motifs is 1. The largest absolute Gasteiger partial charge is 0.381 e. The minimum atomic E-state index is 0.504. The van der Waals surface area contributed by atoms with Crippen molar-refractivity contribution in [3.8, 4) is 0 Å². The van der Waals surface area contributed by atoms with E-state index in [-0.39, 0.29) is 0 Å². The van der Waals surface area contributed by atoms with Gasteiger partial charge in [-0.25, -0.2) is 0 Å². The standard InChI is InChI=1S/C20H22ClN3/c21-18-6-2-4-8-20(18)23-16-9-11-24(12-10-16)14-15-13-22-19-7-3-1-5-17(15)19/h1-8,13,16,22-23H,9-12,14H2. The van der Waals surface area contributed by atoms with Crippen molar-refractivity contribution in [1.82, 2.24) is 9.88 Å². The Hall–Kier alpha value is -1.97. The summed E-state index contributed by atoms with van der Waals surface area (Å²) in [6, 6.07) is 17.0. The third kappa shape index (κ3) is 3.28. The van der Waals surface area contributed by atoms with Crippen molar-refractivity contribution in [3.05, 3.63) is 65.3 Å². The molecule has 124 valence electrons. The number of halogens is 1. The molecule has 1 aliphatic rings. The van der Waals surface area contributed by atoms with E-state index in [9.17, 15) is 0 Å². The molecule has 1 saturated heterocycles. The Kier molecular flexibility index (Phi) is 4.46. The van der Waals surface area contributed by atoms with Crippen LogP contribution in [-0.2, 0) is 6.54 Å². The van der Waals surface area contributed by atoms with Gasteiger partial charge in [0.25, 0.3) is 0 Å². The van der Waals surface area contributed by atoms with Gasteiger partial charge in [-0.2, -0.15) is 0 Å². The van der Waals surface area contributed by atoms with E-state index in [0.29, 0.717) is 6.04 Å². The Morgan fingerprint density at radius 1 is 1.04 bits per heavy atom. The number of rotatable bonds is 4. The second-order valence-corrected chi connectivity index (χ2v) is 6.94. The number of anilines is 1. The molecule has 3 nitrogen and oxygen atoms in total. The van der Waals surface area contributed by atoms with Crippen molar-refractivity contribution in [2.45, 2.75) is 25.4 Å². The monoisotopic (exact) mass is 339 g/mol. The van der Waals surface area contributed by atoms with Crippen LogP contribution in [0.4, 0.5) is 5.69 Å². The van der Waals surface area contributed by atoms with Crippen LogP contribution in [0.3, 0.4) is 0 Å². The zero-order chi connectivity index (χ0) is 16.4. The van der Waals surface area contributed by atoms with Gasteiger partial charge in [0.2, 0.25) is 0 Å². The quantitative estimate of drug-likeness (QED) is 0.708. The van der Waals surface area contributed by atoms with E-state index in [0.717, 1.165) is 43.2 Å². The molecular weight excluding hydrogens is 318 g/mol. The highest BCUT2D eigenvalue weighted by Gasteiger charge is 2.20. The summed E-state index contributed by atoms with van der Waals surface area (Å²) in [7, 11) is 0. The molecule has 0 amide bonds. The highest BCUT2D eigenvalue weighted by molar-refractivity contribution is 6.33. The third-order valence-electron chi connectivity index (χ3n) is 4.89. The fourth-order valence-corrected chi connectivity index (χ4v) is 3.73. The lowest BCUT2D eigenvalue weighted by molar-refractivity contribution is 0.212. The molecule has 0 unspecified atom stereocenters. The van der Waals surface area contributed by atoms with Gasteiger partial charge in [-0.05, 0) is 36.6 Å². The minimum Gasteiger partial charge on any atom is -0.381 e. The molecule has 2 heterocycles. The SMILES string of the molecule is Clc1ccccc1NC1CCN(Cc2c[nH]c3ccccc23)CC1. The number of para-hydroxylation sites is 2. The Balaban J connectivity index is 1.35. The Labute approximate surface area is 147 Å². The fraction of sp³-hybridized carbons (Fsp3) is 0.300. The number of likely N-dealkylation sites (tertiary alicyclic amines) is 1. The first kappa shape index (κ1) is 15.6. The maximum Gasteiger partial charge on any atom is 0.0637 e. The maximum absolute atomic E-state index is 6.25. The molecule has 0 spiro atoms. The van der Waals surface area contributed by atoms with Crippen LogP contribution in [0.1, 0.15) is 18.4 Å². The highest BCUT2D eigenvalue weighted by atomic mass is 35.5. The van der Waals surface area contributed by atoms with E-state index in [1.54, 1.807) is 0 Å². The molecule has 2 N–H and O–H groups in total. The van der Waals surface area contributed by atoms with Crippen molar-refractivity contribution < 1.29 is 0 Å². The normalized spacial score (nSPS) is 16.5. The van der Waals surface area contributed by atoms with Gasteiger partial charge in [-0.15, -0.1) is 0 Å². The van der Waals surface area contributed by atoms with Crippen LogP contribution in [0.5, 0.6) is 0 Å². The predicted octanol–water partition coefficient (Wildman–Crippen LogP) is 4.90. The average Bonchev–Trinajstić information content (AvgIpc) is 3.02. The molecule has 3 aromatic rings. The number of aromatic nitrogens is 1. The van der Waals surface area contributed by atoms with Crippen molar-refractivity contribution in [2.75, 3.05) is 18.4 Å². The number of piperidine rings is 1. The van der Waals surface area contributed by atoms with Gasteiger partial charge in [-0.1, -0.05) is 41.9 Å². The molecule has 0 saturated carbocycles. The van der Waals surface area contributed by atoms with Crippen molar-refractivity contribution in [1.29, 1.82) is 0 Å². The Morgan fingerprint density at radius 2 is 1.79 bits per heavy atom. The zero-order valence-electron chi connectivity index (χ0n) is 13.6. The molecule has 4 rings (SSSR count). The summed E-state index contributed by atoms with van der Waals surface area (Å²) in [5, 5.41) is 5.74. The van der Waals surface area contributed by atoms with Crippen LogP contribution in [0.25, 0.3) is 10.9 Å². The van der Waals surface area contributed by atoms with Crippen molar-refractivity contribution >= 4 is 28.2 Å². The van der Waals surface area contributed by atoms with Crippen LogP contribution >= 0.6 is 11.6 Å². The molecule has 0 atom stereocenters. The topological polar surface area (TPSA) is 31.1 Å². The lowest BCUT2D eigenvalue weighted by Gasteiger charge is -2.33. The van der Waals surface area contributed by atoms with Gasteiger partial charge in [0.1, 0.15) is 0 Å². The molecule has 0 radical (unpaired) electrons. The highest BCUT2D eigenvalue weighted by Crippen LogP contribution is 2.25. The van der Waals surface area contributed by atoms with Gasteiger partial charge in [-0.3, -0.25) is 4.90 Å². The van der Waals surface area contributed by atoms with Crippen LogP contribution in [-0.4, -0.2) is 29.0 Å². The molecule has 1 aliphatic heterocycles. The van der Waals surface area contributed by atoms with Gasteiger partial charge < -0.3 is 10.3 Å². The molecule has 0 bridgehead atoms. The van der Waals surface area contributed by atoms with E-state index in [4.69, 9.17) is 11.6 Å². The summed E-state index contributed by atoms with van der Waals surface area (Å²) in [6.45, 7) is 3.24. The second kappa shape index (κ2) is 6.88. The van der Waals surface area contributed by atoms with Crippen LogP contribution in [0, 0.1) is 0 Å². The summed E-state index contributed by atoms with van der Waals surface area (Å²) < 4.78 is 0. The van der Waals surface area contributed by atoms with E-state index >= 15 is 0 Å². The van der Waals surface area contributed by atoms with E-state index in [2.05, 4.69) is 51.7 Å². The Morgan fingerprint density at radius 3 is 2.62 bits per heavy atom. The summed E-state index contributed by atoms with van der Waals surface area (Å²) in [6.07, 6.45) is 4.44. The third-order valence-corrected chi connectivity index (χ3v) is 5.22. The maximum atomic E-state index is 6.25. The number of benzene rings is 2. The zero-order valence-corrected chi connectivity index (χ0v) is 14.4.